The van der Waals surface area contributed by atoms with E-state index in [1.54, 1.807) is 36.3 Å². The van der Waals surface area contributed by atoms with E-state index in [1.165, 1.54) is 0 Å². The molecule has 0 aliphatic rings. The number of benzene rings is 2. The van der Waals surface area contributed by atoms with Gasteiger partial charge < -0.3 is 20.5 Å². The van der Waals surface area contributed by atoms with Gasteiger partial charge in [-0.05, 0) is 35.9 Å². The summed E-state index contributed by atoms with van der Waals surface area (Å²) in [6, 6.07) is 18.0. The molecule has 0 aliphatic carbocycles. The third-order valence-electron chi connectivity index (χ3n) is 4.58. The molecular formula is C22H26N4O3. The first-order valence-electron chi connectivity index (χ1n) is 9.51. The van der Waals surface area contributed by atoms with E-state index in [1.807, 2.05) is 48.5 Å². The zero-order valence-electron chi connectivity index (χ0n) is 16.4. The molecule has 1 aromatic heterocycles. The quantitative estimate of drug-likeness (QED) is 0.488. The van der Waals surface area contributed by atoms with E-state index in [-0.39, 0.29) is 5.91 Å². The van der Waals surface area contributed by atoms with Crippen LogP contribution >= 0.6 is 0 Å². The number of aliphatic hydroxyl groups excluding tert-OH is 1. The number of rotatable bonds is 10. The average Bonchev–Trinajstić information content (AvgIpc) is 3.27. The van der Waals surface area contributed by atoms with Crippen LogP contribution in [0.5, 0.6) is 5.75 Å². The molecule has 0 bridgehead atoms. The zero-order valence-corrected chi connectivity index (χ0v) is 16.4. The van der Waals surface area contributed by atoms with Crippen molar-refractivity contribution >= 4 is 5.91 Å². The number of hydrogen-bond donors (Lipinski definition) is 3. The Morgan fingerprint density at radius 2 is 2.00 bits per heavy atom. The number of aliphatic hydroxyl groups is 1. The van der Waals surface area contributed by atoms with Crippen LogP contribution in [0.15, 0.2) is 73.1 Å². The van der Waals surface area contributed by atoms with E-state index >= 15 is 0 Å². The summed E-state index contributed by atoms with van der Waals surface area (Å²) in [6.45, 7) is 1.27. The number of nitrogens with one attached hydrogen (secondary N) is 2. The normalized spacial score (nSPS) is 12.9. The van der Waals surface area contributed by atoms with Crippen LogP contribution in [-0.4, -0.2) is 46.6 Å². The largest absolute Gasteiger partial charge is 0.497 e. The number of ether oxygens (including phenoxy) is 1. The van der Waals surface area contributed by atoms with Crippen LogP contribution in [0.3, 0.4) is 0 Å². The van der Waals surface area contributed by atoms with Crippen LogP contribution in [0, 0.1) is 0 Å². The molecule has 152 valence electrons. The molecule has 0 fully saturated rings. The monoisotopic (exact) mass is 394 g/mol. The van der Waals surface area contributed by atoms with Crippen LogP contribution < -0.4 is 15.4 Å². The second-order valence-electron chi connectivity index (χ2n) is 6.72. The molecule has 0 saturated carbocycles. The highest BCUT2D eigenvalue weighted by Gasteiger charge is 2.22. The van der Waals surface area contributed by atoms with Gasteiger partial charge in [0.05, 0.1) is 25.8 Å². The number of hydrogen-bond acceptors (Lipinski definition) is 5. The number of methoxy groups -OCH3 is 1. The SMILES string of the molecule is COc1cccc(CNC[C@@H](O)[C@H](Cn2cccn2)NC(=O)c2ccccc2)c1. The van der Waals surface area contributed by atoms with Gasteiger partial charge in [0.15, 0.2) is 0 Å². The second kappa shape index (κ2) is 10.4. The van der Waals surface area contributed by atoms with Crippen molar-refractivity contribution in [2.75, 3.05) is 13.7 Å². The van der Waals surface area contributed by atoms with Crippen molar-refractivity contribution in [1.82, 2.24) is 20.4 Å². The molecule has 0 spiro atoms. The van der Waals surface area contributed by atoms with E-state index in [9.17, 15) is 9.90 Å². The minimum absolute atomic E-state index is 0.227. The van der Waals surface area contributed by atoms with E-state index in [0.29, 0.717) is 25.2 Å². The summed E-state index contributed by atoms with van der Waals surface area (Å²) in [5.41, 5.74) is 1.60. The van der Waals surface area contributed by atoms with Gasteiger partial charge in [0.2, 0.25) is 0 Å². The third kappa shape index (κ3) is 6.17. The van der Waals surface area contributed by atoms with Gasteiger partial charge in [0.25, 0.3) is 5.91 Å². The predicted molar refractivity (Wildman–Crippen MR) is 111 cm³/mol. The molecule has 7 nitrogen and oxygen atoms in total. The van der Waals surface area contributed by atoms with Gasteiger partial charge in [-0.3, -0.25) is 9.48 Å². The van der Waals surface area contributed by atoms with Crippen molar-refractivity contribution < 1.29 is 14.6 Å². The Balaban J connectivity index is 1.60. The van der Waals surface area contributed by atoms with Crippen LogP contribution in [0.1, 0.15) is 15.9 Å². The molecule has 3 aromatic rings. The van der Waals surface area contributed by atoms with Gasteiger partial charge in [-0.2, -0.15) is 5.10 Å². The van der Waals surface area contributed by atoms with Crippen molar-refractivity contribution in [1.29, 1.82) is 0 Å². The van der Waals surface area contributed by atoms with Crippen molar-refractivity contribution in [3.8, 4) is 5.75 Å². The Morgan fingerprint density at radius 1 is 1.17 bits per heavy atom. The molecule has 3 rings (SSSR count). The summed E-state index contributed by atoms with van der Waals surface area (Å²) in [5.74, 6) is 0.561. The van der Waals surface area contributed by atoms with E-state index < -0.39 is 12.1 Å². The molecule has 3 N–H and O–H groups in total. The first kappa shape index (κ1) is 20.6. The van der Waals surface area contributed by atoms with Crippen molar-refractivity contribution in [3.05, 3.63) is 84.2 Å². The van der Waals surface area contributed by atoms with Gasteiger partial charge in [-0.15, -0.1) is 0 Å². The minimum Gasteiger partial charge on any atom is -0.497 e. The minimum atomic E-state index is -0.794. The number of nitrogens with zero attached hydrogens (tertiary/aromatic N) is 2. The maximum atomic E-state index is 12.6. The average molecular weight is 394 g/mol. The molecule has 7 heteroatoms. The molecule has 1 amide bonds. The molecule has 0 radical (unpaired) electrons. The Bertz CT molecular complexity index is 884. The number of carbonyl (C=O) groups is 1. The highest BCUT2D eigenvalue weighted by molar-refractivity contribution is 5.94. The molecule has 0 unspecified atom stereocenters. The Hall–Kier alpha value is -3.16. The summed E-state index contributed by atoms with van der Waals surface area (Å²) in [7, 11) is 1.63. The Kier molecular flexibility index (Phi) is 7.38. The highest BCUT2D eigenvalue weighted by Crippen LogP contribution is 2.12. The molecule has 2 aromatic carbocycles. The summed E-state index contributed by atoms with van der Waals surface area (Å²) in [4.78, 5) is 12.6. The Labute approximate surface area is 170 Å². The standard InChI is InChI=1S/C22H26N4O3/c1-29-19-10-5-7-17(13-19)14-23-15-21(27)20(16-26-12-6-11-24-26)25-22(28)18-8-3-2-4-9-18/h2-13,20-21,23,27H,14-16H2,1H3,(H,25,28)/t20-,21+/m0/s1. The smallest absolute Gasteiger partial charge is 0.251 e. The molecule has 29 heavy (non-hydrogen) atoms. The van der Waals surface area contributed by atoms with Gasteiger partial charge in [-0.25, -0.2) is 0 Å². The summed E-state index contributed by atoms with van der Waals surface area (Å²) >= 11 is 0. The lowest BCUT2D eigenvalue weighted by molar-refractivity contribution is 0.0800. The van der Waals surface area contributed by atoms with Gasteiger partial charge in [0, 0.05) is 31.0 Å². The third-order valence-corrected chi connectivity index (χ3v) is 4.58. The summed E-state index contributed by atoms with van der Waals surface area (Å²) in [5, 5.41) is 21.1. The fourth-order valence-electron chi connectivity index (χ4n) is 3.00. The lowest BCUT2D eigenvalue weighted by atomic mass is 10.1. The zero-order chi connectivity index (χ0) is 20.5. The maximum absolute atomic E-state index is 12.6. The Morgan fingerprint density at radius 3 is 2.72 bits per heavy atom. The van der Waals surface area contributed by atoms with E-state index in [0.717, 1.165) is 11.3 Å². The van der Waals surface area contributed by atoms with Crippen LogP contribution in [0.25, 0.3) is 0 Å². The number of amides is 1. The number of carbonyl (C=O) groups excluding carboxylic acids is 1. The molecular weight excluding hydrogens is 368 g/mol. The summed E-state index contributed by atoms with van der Waals surface area (Å²) < 4.78 is 6.93. The molecule has 2 atom stereocenters. The van der Waals surface area contributed by atoms with Gasteiger partial charge in [-0.1, -0.05) is 30.3 Å². The topological polar surface area (TPSA) is 88.4 Å². The number of aromatic nitrogens is 2. The van der Waals surface area contributed by atoms with Crippen molar-refractivity contribution in [2.45, 2.75) is 25.2 Å². The second-order valence-corrected chi connectivity index (χ2v) is 6.72. The molecule has 1 heterocycles. The van der Waals surface area contributed by atoms with E-state index in [4.69, 9.17) is 4.74 Å². The van der Waals surface area contributed by atoms with E-state index in [2.05, 4.69) is 15.7 Å². The van der Waals surface area contributed by atoms with Crippen LogP contribution in [0.2, 0.25) is 0 Å². The molecule has 0 saturated heterocycles. The fraction of sp³-hybridized carbons (Fsp3) is 0.273. The molecule has 0 aliphatic heterocycles. The highest BCUT2D eigenvalue weighted by atomic mass is 16.5. The first-order valence-corrected chi connectivity index (χ1v) is 9.51. The lowest BCUT2D eigenvalue weighted by Gasteiger charge is -2.25. The fourth-order valence-corrected chi connectivity index (χ4v) is 3.00. The van der Waals surface area contributed by atoms with Crippen LogP contribution in [0.4, 0.5) is 0 Å². The predicted octanol–water partition coefficient (Wildman–Crippen LogP) is 1.84. The van der Waals surface area contributed by atoms with Crippen LogP contribution in [-0.2, 0) is 13.1 Å². The first-order chi connectivity index (χ1) is 14.2. The summed E-state index contributed by atoms with van der Waals surface area (Å²) in [6.07, 6.45) is 2.68. The van der Waals surface area contributed by atoms with Gasteiger partial charge >= 0.3 is 0 Å². The van der Waals surface area contributed by atoms with Crippen molar-refractivity contribution in [2.24, 2.45) is 0 Å². The van der Waals surface area contributed by atoms with Gasteiger partial charge in [0.1, 0.15) is 5.75 Å². The van der Waals surface area contributed by atoms with Crippen molar-refractivity contribution in [3.63, 3.8) is 0 Å². The lowest BCUT2D eigenvalue weighted by Crippen LogP contribution is -2.49. The maximum Gasteiger partial charge on any atom is 0.251 e.